The SMILES string of the molecule is CC(Oc1ccc(C(F)(F)F)cc1N)c1cccnc1. The van der Waals surface area contributed by atoms with Crippen molar-refractivity contribution in [2.45, 2.75) is 19.2 Å². The quantitative estimate of drug-likeness (QED) is 0.870. The zero-order valence-corrected chi connectivity index (χ0v) is 10.7. The van der Waals surface area contributed by atoms with Gasteiger partial charge in [-0.2, -0.15) is 13.2 Å². The molecule has 0 amide bonds. The van der Waals surface area contributed by atoms with E-state index in [2.05, 4.69) is 4.98 Å². The Balaban J connectivity index is 2.18. The Morgan fingerprint density at radius 2 is 2.00 bits per heavy atom. The molecule has 20 heavy (non-hydrogen) atoms. The average molecular weight is 282 g/mol. The first-order valence-corrected chi connectivity index (χ1v) is 5.91. The van der Waals surface area contributed by atoms with Gasteiger partial charge in [0.1, 0.15) is 11.9 Å². The van der Waals surface area contributed by atoms with Crippen LogP contribution in [0.1, 0.15) is 24.2 Å². The summed E-state index contributed by atoms with van der Waals surface area (Å²) in [5.41, 5.74) is 5.57. The van der Waals surface area contributed by atoms with Crippen molar-refractivity contribution < 1.29 is 17.9 Å². The second kappa shape index (κ2) is 5.40. The van der Waals surface area contributed by atoms with E-state index < -0.39 is 11.7 Å². The van der Waals surface area contributed by atoms with Gasteiger partial charge in [-0.05, 0) is 31.2 Å². The largest absolute Gasteiger partial charge is 0.484 e. The fourth-order valence-electron chi connectivity index (χ4n) is 1.71. The number of hydrogen-bond acceptors (Lipinski definition) is 3. The number of alkyl halides is 3. The number of pyridine rings is 1. The third-order valence-corrected chi connectivity index (χ3v) is 2.79. The van der Waals surface area contributed by atoms with Gasteiger partial charge in [-0.15, -0.1) is 0 Å². The topological polar surface area (TPSA) is 48.1 Å². The Bertz CT molecular complexity index is 585. The van der Waals surface area contributed by atoms with Crippen molar-refractivity contribution in [2.75, 3.05) is 5.73 Å². The molecule has 0 spiro atoms. The van der Waals surface area contributed by atoms with Gasteiger partial charge in [0.05, 0.1) is 11.3 Å². The third kappa shape index (κ3) is 3.20. The van der Waals surface area contributed by atoms with Crippen LogP contribution in [0.2, 0.25) is 0 Å². The molecule has 0 radical (unpaired) electrons. The summed E-state index contributed by atoms with van der Waals surface area (Å²) >= 11 is 0. The number of nitrogens with zero attached hydrogens (tertiary/aromatic N) is 1. The van der Waals surface area contributed by atoms with Crippen molar-refractivity contribution in [3.8, 4) is 5.75 Å². The van der Waals surface area contributed by atoms with E-state index in [1.54, 1.807) is 25.4 Å². The monoisotopic (exact) mass is 282 g/mol. The Hall–Kier alpha value is -2.24. The third-order valence-electron chi connectivity index (χ3n) is 2.79. The summed E-state index contributed by atoms with van der Waals surface area (Å²) in [6, 6.07) is 6.61. The highest BCUT2D eigenvalue weighted by molar-refractivity contribution is 5.55. The van der Waals surface area contributed by atoms with Gasteiger partial charge >= 0.3 is 6.18 Å². The Kier molecular flexibility index (Phi) is 3.83. The zero-order chi connectivity index (χ0) is 14.8. The van der Waals surface area contributed by atoms with E-state index in [4.69, 9.17) is 10.5 Å². The number of aromatic nitrogens is 1. The van der Waals surface area contributed by atoms with Gasteiger partial charge in [0.15, 0.2) is 0 Å². The van der Waals surface area contributed by atoms with Crippen LogP contribution in [0.5, 0.6) is 5.75 Å². The molecule has 2 aromatic rings. The van der Waals surface area contributed by atoms with Crippen molar-refractivity contribution >= 4 is 5.69 Å². The van der Waals surface area contributed by atoms with Gasteiger partial charge in [-0.1, -0.05) is 6.07 Å². The summed E-state index contributed by atoms with van der Waals surface area (Å²) in [7, 11) is 0. The van der Waals surface area contributed by atoms with Crippen molar-refractivity contribution in [3.63, 3.8) is 0 Å². The lowest BCUT2D eigenvalue weighted by Gasteiger charge is -2.17. The van der Waals surface area contributed by atoms with Crippen molar-refractivity contribution in [2.24, 2.45) is 0 Å². The molecule has 0 saturated carbocycles. The van der Waals surface area contributed by atoms with Crippen LogP contribution in [0.15, 0.2) is 42.7 Å². The summed E-state index contributed by atoms with van der Waals surface area (Å²) in [5, 5.41) is 0. The predicted octanol–water partition coefficient (Wildman–Crippen LogP) is 3.82. The molecule has 1 heterocycles. The van der Waals surface area contributed by atoms with Crippen LogP contribution >= 0.6 is 0 Å². The number of rotatable bonds is 3. The minimum Gasteiger partial charge on any atom is -0.484 e. The predicted molar refractivity (Wildman–Crippen MR) is 69.1 cm³/mol. The van der Waals surface area contributed by atoms with Gasteiger partial charge in [-0.25, -0.2) is 0 Å². The molecule has 0 aliphatic rings. The molecule has 6 heteroatoms. The van der Waals surface area contributed by atoms with E-state index in [1.807, 2.05) is 6.07 Å². The van der Waals surface area contributed by atoms with Gasteiger partial charge in [0.25, 0.3) is 0 Å². The molecule has 1 aromatic carbocycles. The van der Waals surface area contributed by atoms with E-state index in [1.165, 1.54) is 6.07 Å². The average Bonchev–Trinajstić information content (AvgIpc) is 2.41. The maximum atomic E-state index is 12.5. The Morgan fingerprint density at radius 1 is 1.25 bits per heavy atom. The summed E-state index contributed by atoms with van der Waals surface area (Å²) < 4.78 is 43.1. The summed E-state index contributed by atoms with van der Waals surface area (Å²) in [6.45, 7) is 1.77. The number of ether oxygens (including phenoxy) is 1. The van der Waals surface area contributed by atoms with Gasteiger partial charge in [-0.3, -0.25) is 4.98 Å². The number of halogens is 3. The number of anilines is 1. The molecule has 1 unspecified atom stereocenters. The molecule has 0 aliphatic carbocycles. The number of hydrogen-bond donors (Lipinski definition) is 1. The van der Waals surface area contributed by atoms with Crippen molar-refractivity contribution in [1.29, 1.82) is 0 Å². The maximum absolute atomic E-state index is 12.5. The lowest BCUT2D eigenvalue weighted by atomic mass is 10.1. The van der Waals surface area contributed by atoms with Crippen LogP contribution < -0.4 is 10.5 Å². The highest BCUT2D eigenvalue weighted by atomic mass is 19.4. The normalized spacial score (nSPS) is 13.0. The van der Waals surface area contributed by atoms with Crippen LogP contribution in [-0.4, -0.2) is 4.98 Å². The van der Waals surface area contributed by atoms with Gasteiger partial charge < -0.3 is 10.5 Å². The van der Waals surface area contributed by atoms with Crippen LogP contribution in [0, 0.1) is 0 Å². The highest BCUT2D eigenvalue weighted by Crippen LogP contribution is 2.35. The first-order chi connectivity index (χ1) is 9.38. The molecule has 0 bridgehead atoms. The molecule has 2 N–H and O–H groups in total. The van der Waals surface area contributed by atoms with Crippen molar-refractivity contribution in [3.05, 3.63) is 53.9 Å². The van der Waals surface area contributed by atoms with Gasteiger partial charge in [0.2, 0.25) is 0 Å². The van der Waals surface area contributed by atoms with Crippen LogP contribution in [0.3, 0.4) is 0 Å². The highest BCUT2D eigenvalue weighted by Gasteiger charge is 2.31. The number of benzene rings is 1. The van der Waals surface area contributed by atoms with E-state index >= 15 is 0 Å². The van der Waals surface area contributed by atoms with E-state index in [0.717, 1.165) is 17.7 Å². The summed E-state index contributed by atoms with van der Waals surface area (Å²) in [6.07, 6.45) is -1.52. The molecule has 0 fully saturated rings. The first-order valence-electron chi connectivity index (χ1n) is 5.91. The number of nitrogen functional groups attached to an aromatic ring is 1. The lowest BCUT2D eigenvalue weighted by Crippen LogP contribution is -2.08. The molecule has 1 aromatic heterocycles. The van der Waals surface area contributed by atoms with Crippen LogP contribution in [-0.2, 0) is 6.18 Å². The van der Waals surface area contributed by atoms with Crippen molar-refractivity contribution in [1.82, 2.24) is 4.98 Å². The molecular weight excluding hydrogens is 269 g/mol. The minimum absolute atomic E-state index is 0.0458. The van der Waals surface area contributed by atoms with Gasteiger partial charge in [0, 0.05) is 18.0 Å². The fourth-order valence-corrected chi connectivity index (χ4v) is 1.71. The minimum atomic E-state index is -4.42. The molecule has 0 saturated heterocycles. The van der Waals surface area contributed by atoms with Crippen LogP contribution in [0.4, 0.5) is 18.9 Å². The summed E-state index contributed by atoms with van der Waals surface area (Å²) in [4.78, 5) is 3.96. The zero-order valence-electron chi connectivity index (χ0n) is 10.7. The molecule has 2 rings (SSSR count). The van der Waals surface area contributed by atoms with E-state index in [9.17, 15) is 13.2 Å². The first kappa shape index (κ1) is 14.2. The second-order valence-corrected chi connectivity index (χ2v) is 4.30. The molecule has 0 aliphatic heterocycles. The molecule has 106 valence electrons. The van der Waals surface area contributed by atoms with Crippen LogP contribution in [0.25, 0.3) is 0 Å². The second-order valence-electron chi connectivity index (χ2n) is 4.30. The lowest BCUT2D eigenvalue weighted by molar-refractivity contribution is -0.137. The Labute approximate surface area is 114 Å². The Morgan fingerprint density at radius 3 is 2.55 bits per heavy atom. The summed E-state index contributed by atoms with van der Waals surface area (Å²) in [5.74, 6) is 0.217. The smallest absolute Gasteiger partial charge is 0.416 e. The van der Waals surface area contributed by atoms with E-state index in [0.29, 0.717) is 0 Å². The van der Waals surface area contributed by atoms with E-state index in [-0.39, 0.29) is 17.5 Å². The fraction of sp³-hybridized carbons (Fsp3) is 0.214. The standard InChI is InChI=1S/C14H13F3N2O/c1-9(10-3-2-6-19-8-10)20-13-5-4-11(7-12(13)18)14(15,16)17/h2-9H,18H2,1H3. The molecule has 3 nitrogen and oxygen atoms in total. The maximum Gasteiger partial charge on any atom is 0.416 e. The number of nitrogens with two attached hydrogens (primary N) is 1. The molecule has 1 atom stereocenters. The molecular formula is C14H13F3N2O.